The lowest BCUT2D eigenvalue weighted by Gasteiger charge is -1.98. The monoisotopic (exact) mass is 218 g/mol. The molecule has 1 aromatic heterocycles. The molecule has 1 aliphatic rings. The molecule has 0 saturated heterocycles. The summed E-state index contributed by atoms with van der Waals surface area (Å²) in [4.78, 5) is 3.21. The van der Waals surface area contributed by atoms with Gasteiger partial charge in [0.1, 0.15) is 5.82 Å². The second-order valence-electron chi connectivity index (χ2n) is 4.59. The van der Waals surface area contributed by atoms with Crippen LogP contribution in [0.4, 0.5) is 4.39 Å². The van der Waals surface area contributed by atoms with E-state index in [4.69, 9.17) is 0 Å². The smallest absolute Gasteiger partial charge is 0.123 e. The molecule has 1 saturated carbocycles. The summed E-state index contributed by atoms with van der Waals surface area (Å²) in [5.74, 6) is 1.16. The summed E-state index contributed by atoms with van der Waals surface area (Å²) in [5.41, 5.74) is 2.31. The molecule has 2 aromatic rings. The Balaban J connectivity index is 1.96. The van der Waals surface area contributed by atoms with Crippen LogP contribution in [0.5, 0.6) is 0 Å². The van der Waals surface area contributed by atoms with Crippen molar-refractivity contribution in [1.82, 2.24) is 10.3 Å². The Kier molecular flexibility index (Phi) is 2.21. The Hall–Kier alpha value is -1.35. The van der Waals surface area contributed by atoms with Gasteiger partial charge >= 0.3 is 0 Å². The van der Waals surface area contributed by atoms with E-state index < -0.39 is 0 Å². The molecule has 0 amide bonds. The van der Waals surface area contributed by atoms with Gasteiger partial charge in [0.15, 0.2) is 0 Å². The number of aromatic amines is 1. The van der Waals surface area contributed by atoms with Crippen molar-refractivity contribution in [1.29, 1.82) is 0 Å². The number of aromatic nitrogens is 1. The van der Waals surface area contributed by atoms with Gasteiger partial charge in [0, 0.05) is 17.1 Å². The molecule has 1 aromatic carbocycles. The molecule has 3 heteroatoms. The number of rotatable bonds is 3. The fourth-order valence-electron chi connectivity index (χ4n) is 2.54. The predicted molar refractivity (Wildman–Crippen MR) is 63.0 cm³/mol. The second-order valence-corrected chi connectivity index (χ2v) is 4.59. The van der Waals surface area contributed by atoms with Crippen LogP contribution in [-0.4, -0.2) is 18.6 Å². The lowest BCUT2D eigenvalue weighted by atomic mass is 10.1. The van der Waals surface area contributed by atoms with Crippen LogP contribution < -0.4 is 5.32 Å². The molecule has 0 unspecified atom stereocenters. The third-order valence-electron chi connectivity index (χ3n) is 3.46. The molecule has 0 radical (unpaired) electrons. The quantitative estimate of drug-likeness (QED) is 0.814. The molecule has 84 valence electrons. The molecular formula is C13H15FN2. The summed E-state index contributed by atoms with van der Waals surface area (Å²) >= 11 is 0. The van der Waals surface area contributed by atoms with Gasteiger partial charge in [0.2, 0.25) is 0 Å². The molecule has 2 N–H and O–H groups in total. The van der Waals surface area contributed by atoms with E-state index in [1.807, 2.05) is 19.3 Å². The van der Waals surface area contributed by atoms with Gasteiger partial charge in [-0.25, -0.2) is 4.39 Å². The van der Waals surface area contributed by atoms with Gasteiger partial charge in [-0.05, 0) is 55.6 Å². The Bertz CT molecular complexity index is 518. The predicted octanol–water partition coefficient (Wildman–Crippen LogP) is 2.63. The molecule has 0 bridgehead atoms. The van der Waals surface area contributed by atoms with Gasteiger partial charge in [-0.2, -0.15) is 0 Å². The van der Waals surface area contributed by atoms with Crippen molar-refractivity contribution < 1.29 is 4.39 Å². The SMILES string of the molecule is CNC[C@@H]1C[C@@H]1c1c[nH]c2ccc(F)cc12. The highest BCUT2D eigenvalue weighted by atomic mass is 19.1. The summed E-state index contributed by atoms with van der Waals surface area (Å²) in [6, 6.07) is 4.94. The Morgan fingerprint density at radius 3 is 3.19 bits per heavy atom. The number of nitrogens with one attached hydrogen (secondary N) is 2. The van der Waals surface area contributed by atoms with Crippen LogP contribution in [0.2, 0.25) is 0 Å². The van der Waals surface area contributed by atoms with Crippen molar-refractivity contribution in [3.05, 3.63) is 35.8 Å². The van der Waals surface area contributed by atoms with E-state index in [-0.39, 0.29) is 5.82 Å². The van der Waals surface area contributed by atoms with Gasteiger partial charge < -0.3 is 10.3 Å². The van der Waals surface area contributed by atoms with Gasteiger partial charge in [0.25, 0.3) is 0 Å². The minimum atomic E-state index is -0.154. The average molecular weight is 218 g/mol. The van der Waals surface area contributed by atoms with Crippen molar-refractivity contribution in [2.24, 2.45) is 5.92 Å². The molecule has 3 rings (SSSR count). The van der Waals surface area contributed by atoms with E-state index in [1.54, 1.807) is 6.07 Å². The number of hydrogen-bond donors (Lipinski definition) is 2. The minimum Gasteiger partial charge on any atom is -0.361 e. The number of benzene rings is 1. The molecular weight excluding hydrogens is 203 g/mol. The third-order valence-corrected chi connectivity index (χ3v) is 3.46. The standard InChI is InChI=1S/C13H15FN2/c1-15-6-8-4-10(8)12-7-16-13-3-2-9(14)5-11(12)13/h2-3,5,7-8,10,15-16H,4,6H2,1H3/t8-,10-/m0/s1. The highest BCUT2D eigenvalue weighted by Crippen LogP contribution is 2.49. The fraction of sp³-hybridized carbons (Fsp3) is 0.385. The molecule has 2 atom stereocenters. The van der Waals surface area contributed by atoms with Crippen molar-refractivity contribution in [2.75, 3.05) is 13.6 Å². The fourth-order valence-corrected chi connectivity index (χ4v) is 2.54. The van der Waals surface area contributed by atoms with Gasteiger partial charge in [-0.3, -0.25) is 0 Å². The zero-order chi connectivity index (χ0) is 11.1. The van der Waals surface area contributed by atoms with E-state index in [0.717, 1.165) is 17.4 Å². The summed E-state index contributed by atoms with van der Waals surface area (Å²) in [6.07, 6.45) is 3.24. The Labute approximate surface area is 93.9 Å². The highest BCUT2D eigenvalue weighted by molar-refractivity contribution is 5.84. The Morgan fingerprint density at radius 1 is 1.50 bits per heavy atom. The van der Waals surface area contributed by atoms with Crippen molar-refractivity contribution in [2.45, 2.75) is 12.3 Å². The van der Waals surface area contributed by atoms with E-state index in [0.29, 0.717) is 11.8 Å². The van der Waals surface area contributed by atoms with Gasteiger partial charge in [-0.15, -0.1) is 0 Å². The number of H-pyrrole nitrogens is 1. The molecule has 16 heavy (non-hydrogen) atoms. The first-order valence-corrected chi connectivity index (χ1v) is 5.70. The van der Waals surface area contributed by atoms with Crippen LogP contribution in [0.1, 0.15) is 17.9 Å². The Morgan fingerprint density at radius 2 is 2.38 bits per heavy atom. The maximum Gasteiger partial charge on any atom is 0.123 e. The van der Waals surface area contributed by atoms with Crippen LogP contribution in [0, 0.1) is 11.7 Å². The molecule has 1 fully saturated rings. The first-order valence-electron chi connectivity index (χ1n) is 5.70. The first kappa shape index (κ1) is 9.85. The molecule has 1 heterocycles. The van der Waals surface area contributed by atoms with E-state index in [9.17, 15) is 4.39 Å². The molecule has 1 aliphatic carbocycles. The van der Waals surface area contributed by atoms with Gasteiger partial charge in [0.05, 0.1) is 0 Å². The largest absolute Gasteiger partial charge is 0.361 e. The lowest BCUT2D eigenvalue weighted by molar-refractivity contribution is 0.629. The maximum absolute atomic E-state index is 13.2. The molecule has 0 spiro atoms. The summed E-state index contributed by atoms with van der Waals surface area (Å²) in [6.45, 7) is 1.05. The number of fused-ring (bicyclic) bond motifs is 1. The van der Waals surface area contributed by atoms with Crippen LogP contribution in [0.25, 0.3) is 10.9 Å². The molecule has 2 nitrogen and oxygen atoms in total. The van der Waals surface area contributed by atoms with Crippen molar-refractivity contribution in [3.63, 3.8) is 0 Å². The maximum atomic E-state index is 13.2. The van der Waals surface area contributed by atoms with Crippen LogP contribution >= 0.6 is 0 Å². The first-order chi connectivity index (χ1) is 7.79. The normalized spacial score (nSPS) is 23.9. The van der Waals surface area contributed by atoms with Crippen LogP contribution in [-0.2, 0) is 0 Å². The van der Waals surface area contributed by atoms with E-state index in [1.165, 1.54) is 18.1 Å². The topological polar surface area (TPSA) is 27.8 Å². The zero-order valence-corrected chi connectivity index (χ0v) is 9.26. The van der Waals surface area contributed by atoms with E-state index in [2.05, 4.69) is 10.3 Å². The van der Waals surface area contributed by atoms with Gasteiger partial charge in [-0.1, -0.05) is 0 Å². The lowest BCUT2D eigenvalue weighted by Crippen LogP contribution is -2.10. The van der Waals surface area contributed by atoms with Crippen molar-refractivity contribution >= 4 is 10.9 Å². The van der Waals surface area contributed by atoms with E-state index >= 15 is 0 Å². The number of hydrogen-bond acceptors (Lipinski definition) is 1. The number of halogens is 1. The highest BCUT2D eigenvalue weighted by Gasteiger charge is 2.38. The second kappa shape index (κ2) is 3.59. The summed E-state index contributed by atoms with van der Waals surface area (Å²) in [5, 5.41) is 4.24. The van der Waals surface area contributed by atoms with Crippen LogP contribution in [0.3, 0.4) is 0 Å². The van der Waals surface area contributed by atoms with Crippen LogP contribution in [0.15, 0.2) is 24.4 Å². The molecule has 0 aliphatic heterocycles. The summed E-state index contributed by atoms with van der Waals surface area (Å²) in [7, 11) is 1.98. The third kappa shape index (κ3) is 1.52. The minimum absolute atomic E-state index is 0.154. The van der Waals surface area contributed by atoms with Crippen molar-refractivity contribution in [3.8, 4) is 0 Å². The zero-order valence-electron chi connectivity index (χ0n) is 9.26. The summed E-state index contributed by atoms with van der Waals surface area (Å²) < 4.78 is 13.2. The average Bonchev–Trinajstić information content (AvgIpc) is 2.90.